The number of aromatic nitrogens is 2. The summed E-state index contributed by atoms with van der Waals surface area (Å²) in [6.07, 6.45) is 5.22. The van der Waals surface area contributed by atoms with Crippen LogP contribution in [0.4, 0.5) is 0 Å². The van der Waals surface area contributed by atoms with Crippen molar-refractivity contribution in [1.29, 1.82) is 0 Å². The molecule has 0 bridgehead atoms. The van der Waals surface area contributed by atoms with Crippen molar-refractivity contribution >= 4 is 5.91 Å². The first-order chi connectivity index (χ1) is 11.3. The highest BCUT2D eigenvalue weighted by Gasteiger charge is 2.44. The summed E-state index contributed by atoms with van der Waals surface area (Å²) in [4.78, 5) is 15.3. The minimum absolute atomic E-state index is 0.175. The summed E-state index contributed by atoms with van der Waals surface area (Å²) in [7, 11) is 0. The fourth-order valence-electron chi connectivity index (χ4n) is 3.33. The van der Waals surface area contributed by atoms with Crippen LogP contribution in [-0.4, -0.2) is 40.2 Å². The molecule has 1 fully saturated rings. The number of likely N-dealkylation sites (N-methyl/N-ethyl adjacent to an activating group) is 1. The molecule has 1 saturated heterocycles. The van der Waals surface area contributed by atoms with E-state index in [4.69, 9.17) is 0 Å². The molecule has 3 rings (SSSR count). The number of carbonyl (C=O) groups excluding carboxylic acids is 1. The maximum absolute atomic E-state index is 13.4. The number of piperidine rings is 1. The second-order valence-electron chi connectivity index (χ2n) is 6.04. The van der Waals surface area contributed by atoms with Gasteiger partial charge >= 0.3 is 0 Å². The number of rotatable bonds is 5. The van der Waals surface area contributed by atoms with Crippen molar-refractivity contribution < 1.29 is 4.79 Å². The van der Waals surface area contributed by atoms with Gasteiger partial charge in [-0.3, -0.25) is 9.48 Å². The quantitative estimate of drug-likeness (QED) is 0.919. The van der Waals surface area contributed by atoms with Gasteiger partial charge in [-0.15, -0.1) is 0 Å². The Hall–Kier alpha value is -2.14. The molecule has 1 aromatic carbocycles. The van der Waals surface area contributed by atoms with Gasteiger partial charge in [0.1, 0.15) is 5.54 Å². The lowest BCUT2D eigenvalue weighted by Crippen LogP contribution is -2.55. The monoisotopic (exact) mass is 312 g/mol. The van der Waals surface area contributed by atoms with Crippen molar-refractivity contribution in [1.82, 2.24) is 20.0 Å². The van der Waals surface area contributed by atoms with Crippen molar-refractivity contribution in [2.24, 2.45) is 0 Å². The maximum Gasteiger partial charge on any atom is 0.250 e. The van der Waals surface area contributed by atoms with E-state index in [-0.39, 0.29) is 5.91 Å². The van der Waals surface area contributed by atoms with Crippen LogP contribution in [0, 0.1) is 0 Å². The van der Waals surface area contributed by atoms with Gasteiger partial charge in [-0.05, 0) is 44.5 Å². The molecule has 23 heavy (non-hydrogen) atoms. The van der Waals surface area contributed by atoms with Crippen molar-refractivity contribution in [3.63, 3.8) is 0 Å². The van der Waals surface area contributed by atoms with Crippen LogP contribution in [0.2, 0.25) is 0 Å². The van der Waals surface area contributed by atoms with E-state index in [9.17, 15) is 4.79 Å². The van der Waals surface area contributed by atoms with E-state index in [2.05, 4.69) is 22.5 Å². The van der Waals surface area contributed by atoms with E-state index in [1.54, 1.807) is 6.20 Å². The van der Waals surface area contributed by atoms with Gasteiger partial charge < -0.3 is 10.2 Å². The molecule has 1 aromatic heterocycles. The average molecular weight is 312 g/mol. The van der Waals surface area contributed by atoms with Gasteiger partial charge in [0.05, 0.1) is 0 Å². The molecule has 1 aliphatic rings. The van der Waals surface area contributed by atoms with Crippen molar-refractivity contribution in [2.75, 3.05) is 19.6 Å². The van der Waals surface area contributed by atoms with E-state index in [0.717, 1.165) is 31.5 Å². The Bertz CT molecular complexity index is 618. The number of benzene rings is 1. The molecule has 0 saturated carbocycles. The lowest BCUT2D eigenvalue weighted by molar-refractivity contribution is -0.143. The minimum atomic E-state index is -0.556. The van der Waals surface area contributed by atoms with Gasteiger partial charge in [0.2, 0.25) is 0 Å². The van der Waals surface area contributed by atoms with E-state index in [1.807, 2.05) is 47.0 Å². The molecule has 0 spiro atoms. The lowest BCUT2D eigenvalue weighted by atomic mass is 9.86. The van der Waals surface area contributed by atoms with Crippen molar-refractivity contribution in [2.45, 2.75) is 31.8 Å². The van der Waals surface area contributed by atoms with Gasteiger partial charge in [-0.2, -0.15) is 5.10 Å². The van der Waals surface area contributed by atoms with Crippen molar-refractivity contribution in [3.05, 3.63) is 54.4 Å². The number of amides is 1. The Morgan fingerprint density at radius 3 is 2.61 bits per heavy atom. The van der Waals surface area contributed by atoms with Gasteiger partial charge in [0.25, 0.3) is 5.91 Å². The minimum Gasteiger partial charge on any atom is -0.337 e. The number of carbonyl (C=O) groups is 1. The summed E-state index contributed by atoms with van der Waals surface area (Å²) in [6.45, 7) is 5.07. The van der Waals surface area contributed by atoms with E-state index >= 15 is 0 Å². The molecule has 1 N–H and O–H groups in total. The van der Waals surface area contributed by atoms with Crippen molar-refractivity contribution in [3.8, 4) is 0 Å². The molecule has 1 aliphatic heterocycles. The first-order valence-corrected chi connectivity index (χ1v) is 8.30. The highest BCUT2D eigenvalue weighted by atomic mass is 16.2. The average Bonchev–Trinajstić information content (AvgIpc) is 3.16. The van der Waals surface area contributed by atoms with Crippen LogP contribution in [0.15, 0.2) is 48.8 Å². The molecule has 2 aromatic rings. The van der Waals surface area contributed by atoms with E-state index < -0.39 is 5.54 Å². The molecular formula is C18H24N4O. The SMILES string of the molecule is CCN(Cc1ccccc1)C(=O)C1(n2cccn2)CCNCC1. The predicted molar refractivity (Wildman–Crippen MR) is 89.8 cm³/mol. The third-order valence-electron chi connectivity index (χ3n) is 4.66. The molecule has 0 unspecified atom stereocenters. The Morgan fingerprint density at radius 2 is 2.00 bits per heavy atom. The van der Waals surface area contributed by atoms with Crippen LogP contribution in [0.25, 0.3) is 0 Å². The number of hydrogen-bond donors (Lipinski definition) is 1. The Morgan fingerprint density at radius 1 is 1.26 bits per heavy atom. The smallest absolute Gasteiger partial charge is 0.250 e. The summed E-state index contributed by atoms with van der Waals surface area (Å²) in [5.41, 5.74) is 0.603. The topological polar surface area (TPSA) is 50.2 Å². The number of nitrogens with one attached hydrogen (secondary N) is 1. The molecule has 0 atom stereocenters. The Labute approximate surface area is 137 Å². The molecule has 2 heterocycles. The standard InChI is InChI=1S/C18H24N4O/c1-2-21(15-16-7-4-3-5-8-16)17(23)18(9-12-19-13-10-18)22-14-6-11-20-22/h3-8,11,14,19H,2,9-10,12-13,15H2,1H3. The second kappa shape index (κ2) is 6.96. The van der Waals surface area contributed by atoms with E-state index in [1.165, 1.54) is 0 Å². The van der Waals surface area contributed by atoms with Crippen LogP contribution in [0.5, 0.6) is 0 Å². The second-order valence-corrected chi connectivity index (χ2v) is 6.04. The zero-order valence-electron chi connectivity index (χ0n) is 13.6. The third-order valence-corrected chi connectivity index (χ3v) is 4.66. The normalized spacial score (nSPS) is 16.9. The Balaban J connectivity index is 1.87. The van der Waals surface area contributed by atoms with Gasteiger partial charge in [0, 0.05) is 25.5 Å². The van der Waals surface area contributed by atoms with Crippen LogP contribution in [0.3, 0.4) is 0 Å². The molecule has 0 aliphatic carbocycles. The molecule has 5 heteroatoms. The van der Waals surface area contributed by atoms with Crippen LogP contribution < -0.4 is 5.32 Å². The zero-order chi connectivity index (χ0) is 16.1. The first-order valence-electron chi connectivity index (χ1n) is 8.30. The summed E-state index contributed by atoms with van der Waals surface area (Å²) in [6, 6.07) is 12.1. The Kier molecular flexibility index (Phi) is 4.76. The van der Waals surface area contributed by atoms with Gasteiger partial charge in [0.15, 0.2) is 0 Å². The fourth-order valence-corrected chi connectivity index (χ4v) is 3.33. The molecule has 0 radical (unpaired) electrons. The summed E-state index contributed by atoms with van der Waals surface area (Å²) in [5.74, 6) is 0.175. The predicted octanol–water partition coefficient (Wildman–Crippen LogP) is 2.01. The third kappa shape index (κ3) is 3.15. The summed E-state index contributed by atoms with van der Waals surface area (Å²) in [5, 5.41) is 7.75. The molecule has 1 amide bonds. The highest BCUT2D eigenvalue weighted by Crippen LogP contribution is 2.30. The van der Waals surface area contributed by atoms with Crippen LogP contribution in [-0.2, 0) is 16.9 Å². The summed E-state index contributed by atoms with van der Waals surface area (Å²) < 4.78 is 1.86. The fraction of sp³-hybridized carbons (Fsp3) is 0.444. The van der Waals surface area contributed by atoms with Gasteiger partial charge in [-0.1, -0.05) is 30.3 Å². The maximum atomic E-state index is 13.4. The molecule has 122 valence electrons. The summed E-state index contributed by atoms with van der Waals surface area (Å²) >= 11 is 0. The number of nitrogens with zero attached hydrogens (tertiary/aromatic N) is 3. The molecule has 5 nitrogen and oxygen atoms in total. The highest BCUT2D eigenvalue weighted by molar-refractivity contribution is 5.84. The van der Waals surface area contributed by atoms with Crippen LogP contribution >= 0.6 is 0 Å². The van der Waals surface area contributed by atoms with Gasteiger partial charge in [-0.25, -0.2) is 0 Å². The van der Waals surface area contributed by atoms with Crippen LogP contribution in [0.1, 0.15) is 25.3 Å². The largest absolute Gasteiger partial charge is 0.337 e. The number of hydrogen-bond acceptors (Lipinski definition) is 3. The lowest BCUT2D eigenvalue weighted by Gasteiger charge is -2.40. The first kappa shape index (κ1) is 15.7. The molecular weight excluding hydrogens is 288 g/mol. The zero-order valence-corrected chi connectivity index (χ0v) is 13.6. The van der Waals surface area contributed by atoms with E-state index in [0.29, 0.717) is 13.1 Å².